The monoisotopic (exact) mass is 347 g/mol. The van der Waals surface area contributed by atoms with Gasteiger partial charge in [-0.15, -0.1) is 11.3 Å². The minimum atomic E-state index is -0.142. The third-order valence-electron chi connectivity index (χ3n) is 3.38. The van der Waals surface area contributed by atoms with Crippen LogP contribution in [0.3, 0.4) is 0 Å². The SMILES string of the molecule is CCc1cc2c(SCC(=O)N[C@@H](C)c3ccco3)ncnc2s1. The molecule has 0 spiro atoms. The summed E-state index contributed by atoms with van der Waals surface area (Å²) in [6, 6.07) is 5.64. The molecule has 0 aliphatic heterocycles. The molecule has 0 aliphatic rings. The largest absolute Gasteiger partial charge is 0.467 e. The predicted octanol–water partition coefficient (Wildman–Crippen LogP) is 3.82. The van der Waals surface area contributed by atoms with Gasteiger partial charge in [-0.05, 0) is 31.5 Å². The molecule has 0 aliphatic carbocycles. The molecule has 5 nitrogen and oxygen atoms in total. The second kappa shape index (κ2) is 7.14. The van der Waals surface area contributed by atoms with Gasteiger partial charge >= 0.3 is 0 Å². The molecule has 0 unspecified atom stereocenters. The molecule has 0 bridgehead atoms. The summed E-state index contributed by atoms with van der Waals surface area (Å²) in [6.07, 6.45) is 4.14. The van der Waals surface area contributed by atoms with Crippen molar-refractivity contribution in [2.45, 2.75) is 31.3 Å². The summed E-state index contributed by atoms with van der Waals surface area (Å²) < 4.78 is 5.29. The summed E-state index contributed by atoms with van der Waals surface area (Å²) in [4.78, 5) is 23.0. The number of carbonyl (C=O) groups is 1. The number of carbonyl (C=O) groups excluding carboxylic acids is 1. The van der Waals surface area contributed by atoms with Gasteiger partial charge in [-0.3, -0.25) is 4.79 Å². The maximum Gasteiger partial charge on any atom is 0.230 e. The fourth-order valence-corrected chi connectivity index (χ4v) is 3.98. The normalized spacial score (nSPS) is 12.4. The van der Waals surface area contributed by atoms with E-state index in [1.165, 1.54) is 16.6 Å². The van der Waals surface area contributed by atoms with Gasteiger partial charge in [0.05, 0.1) is 18.1 Å². The Balaban J connectivity index is 1.64. The van der Waals surface area contributed by atoms with E-state index in [1.54, 1.807) is 23.9 Å². The van der Waals surface area contributed by atoms with E-state index in [0.29, 0.717) is 5.75 Å². The number of furan rings is 1. The van der Waals surface area contributed by atoms with E-state index >= 15 is 0 Å². The van der Waals surface area contributed by atoms with Crippen LogP contribution >= 0.6 is 23.1 Å². The molecular formula is C16H17N3O2S2. The lowest BCUT2D eigenvalue weighted by atomic mass is 10.2. The molecule has 1 N–H and O–H groups in total. The minimum Gasteiger partial charge on any atom is -0.467 e. The number of aryl methyl sites for hydroxylation is 1. The van der Waals surface area contributed by atoms with Crippen LogP contribution in [0.25, 0.3) is 10.2 Å². The molecule has 3 heterocycles. The molecule has 0 radical (unpaired) electrons. The molecule has 7 heteroatoms. The van der Waals surface area contributed by atoms with E-state index in [0.717, 1.165) is 27.4 Å². The van der Waals surface area contributed by atoms with Gasteiger partial charge in [0.25, 0.3) is 0 Å². The van der Waals surface area contributed by atoms with Crippen LogP contribution in [-0.2, 0) is 11.2 Å². The molecular weight excluding hydrogens is 330 g/mol. The molecule has 1 amide bonds. The van der Waals surface area contributed by atoms with Crippen LogP contribution in [0.15, 0.2) is 40.2 Å². The van der Waals surface area contributed by atoms with Crippen molar-refractivity contribution in [3.05, 3.63) is 41.4 Å². The third-order valence-corrected chi connectivity index (χ3v) is 5.57. The molecule has 1 atom stereocenters. The van der Waals surface area contributed by atoms with Crippen LogP contribution in [-0.4, -0.2) is 21.6 Å². The van der Waals surface area contributed by atoms with Crippen molar-refractivity contribution in [3.63, 3.8) is 0 Å². The van der Waals surface area contributed by atoms with Gasteiger partial charge < -0.3 is 9.73 Å². The molecule has 23 heavy (non-hydrogen) atoms. The number of rotatable bonds is 6. The highest BCUT2D eigenvalue weighted by molar-refractivity contribution is 8.00. The number of aromatic nitrogens is 2. The standard InChI is InChI=1S/C16H17N3O2S2/c1-3-11-7-12-15(17-9-18-16(12)23-11)22-8-14(20)19-10(2)13-5-4-6-21-13/h4-7,9-10H,3,8H2,1-2H3,(H,19,20)/t10-/m0/s1. The van der Waals surface area contributed by atoms with Crippen molar-refractivity contribution in [2.24, 2.45) is 0 Å². The van der Waals surface area contributed by atoms with E-state index in [1.807, 2.05) is 19.1 Å². The second-order valence-corrected chi connectivity index (χ2v) is 7.14. The lowest BCUT2D eigenvalue weighted by Crippen LogP contribution is -2.27. The summed E-state index contributed by atoms with van der Waals surface area (Å²) in [6.45, 7) is 4.02. The average molecular weight is 347 g/mol. The van der Waals surface area contributed by atoms with Gasteiger partial charge in [0.15, 0.2) is 0 Å². The molecule has 3 aromatic heterocycles. The zero-order valence-corrected chi connectivity index (χ0v) is 14.5. The Hall–Kier alpha value is -1.86. The van der Waals surface area contributed by atoms with E-state index in [-0.39, 0.29) is 11.9 Å². The summed E-state index contributed by atoms with van der Waals surface area (Å²) >= 11 is 3.11. The van der Waals surface area contributed by atoms with Gasteiger partial charge in [-0.1, -0.05) is 18.7 Å². The molecule has 3 rings (SSSR count). The molecule has 0 saturated heterocycles. The highest BCUT2D eigenvalue weighted by atomic mass is 32.2. The summed E-state index contributed by atoms with van der Waals surface area (Å²) in [5.74, 6) is 1.02. The van der Waals surface area contributed by atoms with Crippen LogP contribution in [0.5, 0.6) is 0 Å². The smallest absolute Gasteiger partial charge is 0.230 e. The first-order valence-corrected chi connectivity index (χ1v) is 9.16. The zero-order chi connectivity index (χ0) is 16.2. The van der Waals surface area contributed by atoms with Crippen LogP contribution in [0.2, 0.25) is 0 Å². The van der Waals surface area contributed by atoms with Gasteiger partial charge in [-0.2, -0.15) is 0 Å². The van der Waals surface area contributed by atoms with Crippen LogP contribution in [0.4, 0.5) is 0 Å². The molecule has 0 aromatic carbocycles. The topological polar surface area (TPSA) is 68.0 Å². The van der Waals surface area contributed by atoms with Crippen LogP contribution in [0.1, 0.15) is 30.5 Å². The quantitative estimate of drug-likeness (QED) is 0.542. The highest BCUT2D eigenvalue weighted by Gasteiger charge is 2.14. The van der Waals surface area contributed by atoms with Crippen molar-refractivity contribution in [3.8, 4) is 0 Å². The van der Waals surface area contributed by atoms with Gasteiger partial charge in [0.2, 0.25) is 5.91 Å². The molecule has 120 valence electrons. The lowest BCUT2D eigenvalue weighted by Gasteiger charge is -2.11. The first-order chi connectivity index (χ1) is 11.2. The van der Waals surface area contributed by atoms with Crippen molar-refractivity contribution >= 4 is 39.2 Å². The number of hydrogen-bond acceptors (Lipinski definition) is 6. The fraction of sp³-hybridized carbons (Fsp3) is 0.312. The van der Waals surface area contributed by atoms with Gasteiger partial charge in [0.1, 0.15) is 21.9 Å². The number of thiophene rings is 1. The zero-order valence-electron chi connectivity index (χ0n) is 12.9. The molecule has 0 fully saturated rings. The number of nitrogens with one attached hydrogen (secondary N) is 1. The highest BCUT2D eigenvalue weighted by Crippen LogP contribution is 2.30. The average Bonchev–Trinajstić information content (AvgIpc) is 3.21. The number of fused-ring (bicyclic) bond motifs is 1. The fourth-order valence-electron chi connectivity index (χ4n) is 2.20. The molecule has 0 saturated carbocycles. The number of hydrogen-bond donors (Lipinski definition) is 1. The Morgan fingerprint density at radius 3 is 3.09 bits per heavy atom. The minimum absolute atomic E-state index is 0.0448. The summed E-state index contributed by atoms with van der Waals surface area (Å²) in [7, 11) is 0. The van der Waals surface area contributed by atoms with Crippen LogP contribution in [0, 0.1) is 0 Å². The Morgan fingerprint density at radius 1 is 1.48 bits per heavy atom. The maximum atomic E-state index is 12.1. The molecule has 3 aromatic rings. The Labute approximate surface area is 142 Å². The number of nitrogens with zero attached hydrogens (tertiary/aromatic N) is 2. The Kier molecular flexibility index (Phi) is 4.97. The maximum absolute atomic E-state index is 12.1. The summed E-state index contributed by atoms with van der Waals surface area (Å²) in [5.41, 5.74) is 0. The van der Waals surface area contributed by atoms with Gasteiger partial charge in [0, 0.05) is 10.3 Å². The van der Waals surface area contributed by atoms with Crippen molar-refractivity contribution in [1.29, 1.82) is 0 Å². The predicted molar refractivity (Wildman–Crippen MR) is 92.8 cm³/mol. The van der Waals surface area contributed by atoms with Gasteiger partial charge in [-0.25, -0.2) is 9.97 Å². The Bertz CT molecular complexity index is 799. The first-order valence-electron chi connectivity index (χ1n) is 7.36. The van der Waals surface area contributed by atoms with E-state index in [2.05, 4.69) is 28.3 Å². The lowest BCUT2D eigenvalue weighted by molar-refractivity contribution is -0.119. The van der Waals surface area contributed by atoms with Crippen molar-refractivity contribution < 1.29 is 9.21 Å². The number of thioether (sulfide) groups is 1. The van der Waals surface area contributed by atoms with E-state index in [9.17, 15) is 4.79 Å². The third kappa shape index (κ3) is 3.73. The Morgan fingerprint density at radius 2 is 2.35 bits per heavy atom. The van der Waals surface area contributed by atoms with Crippen LogP contribution < -0.4 is 5.32 Å². The van der Waals surface area contributed by atoms with Crippen molar-refractivity contribution in [2.75, 3.05) is 5.75 Å². The second-order valence-electron chi connectivity index (χ2n) is 5.06. The summed E-state index contributed by atoms with van der Waals surface area (Å²) in [5, 5.41) is 4.81. The van der Waals surface area contributed by atoms with E-state index in [4.69, 9.17) is 4.42 Å². The first kappa shape index (κ1) is 16.0. The number of amides is 1. The van der Waals surface area contributed by atoms with E-state index < -0.39 is 0 Å². The van der Waals surface area contributed by atoms with Crippen molar-refractivity contribution in [1.82, 2.24) is 15.3 Å².